The van der Waals surface area contributed by atoms with E-state index in [1.54, 1.807) is 43.4 Å². The summed E-state index contributed by atoms with van der Waals surface area (Å²) in [5, 5.41) is 0.466. The molecule has 0 aliphatic heterocycles. The number of hydrogen-bond acceptors (Lipinski definition) is 4. The number of fused-ring (bicyclic) bond motifs is 1. The number of ether oxygens (including phenoxy) is 1. The Bertz CT molecular complexity index is 987. The average molecular weight is 355 g/mol. The molecule has 0 N–H and O–H groups in total. The zero-order valence-corrected chi connectivity index (χ0v) is 14.3. The second-order valence-electron chi connectivity index (χ2n) is 5.79. The Morgan fingerprint density at radius 2 is 1.92 bits per heavy atom. The van der Waals surface area contributed by atoms with Crippen LogP contribution in [0.2, 0.25) is 0 Å². The molecule has 1 aromatic heterocycles. The molecule has 3 aromatic rings. The lowest BCUT2D eigenvalue weighted by molar-refractivity contribution is -0.130. The maximum Gasteiger partial charge on any atom is 0.261 e. The van der Waals surface area contributed by atoms with Gasteiger partial charge in [0.15, 0.2) is 11.6 Å². The van der Waals surface area contributed by atoms with Gasteiger partial charge in [0.2, 0.25) is 5.91 Å². The fourth-order valence-electron chi connectivity index (χ4n) is 2.46. The molecule has 2 aromatic carbocycles. The van der Waals surface area contributed by atoms with Crippen molar-refractivity contribution in [2.75, 3.05) is 20.2 Å². The van der Waals surface area contributed by atoms with Crippen molar-refractivity contribution in [2.45, 2.75) is 6.54 Å². The van der Waals surface area contributed by atoms with Crippen LogP contribution in [0.15, 0.2) is 59.7 Å². The predicted octanol–water partition coefficient (Wildman–Crippen LogP) is 2.07. The molecule has 1 heterocycles. The molecule has 1 amide bonds. The van der Waals surface area contributed by atoms with Crippen LogP contribution < -0.4 is 10.3 Å². The minimum absolute atomic E-state index is 0.118. The number of amides is 1. The summed E-state index contributed by atoms with van der Waals surface area (Å²) in [6.45, 7) is 0.295. The van der Waals surface area contributed by atoms with Gasteiger partial charge in [0.05, 0.1) is 23.8 Å². The summed E-state index contributed by atoms with van der Waals surface area (Å²) >= 11 is 0. The summed E-state index contributed by atoms with van der Waals surface area (Å²) in [4.78, 5) is 30.4. The standard InChI is InChI=1S/C19H18FN3O3/c1-22(10-11-26-17-9-5-3-7-15(17)20)18(24)12-23-13-21-16-8-4-2-6-14(16)19(23)25/h2-9,13H,10-12H2,1H3. The first-order valence-corrected chi connectivity index (χ1v) is 8.12. The number of hydrogen-bond donors (Lipinski definition) is 0. The fraction of sp³-hybridized carbons (Fsp3) is 0.211. The number of nitrogens with zero attached hydrogens (tertiary/aromatic N) is 3. The molecule has 0 saturated heterocycles. The second kappa shape index (κ2) is 7.77. The maximum absolute atomic E-state index is 13.5. The van der Waals surface area contributed by atoms with E-state index in [4.69, 9.17) is 4.74 Å². The zero-order chi connectivity index (χ0) is 18.5. The number of aromatic nitrogens is 2. The maximum atomic E-state index is 13.5. The smallest absolute Gasteiger partial charge is 0.261 e. The summed E-state index contributed by atoms with van der Waals surface area (Å²) in [5.41, 5.74) is 0.327. The quantitative estimate of drug-likeness (QED) is 0.679. The normalized spacial score (nSPS) is 10.7. The van der Waals surface area contributed by atoms with Gasteiger partial charge in [-0.2, -0.15) is 0 Å². The van der Waals surface area contributed by atoms with Crippen molar-refractivity contribution >= 4 is 16.8 Å². The summed E-state index contributed by atoms with van der Waals surface area (Å²) in [6, 6.07) is 13.1. The number of benzene rings is 2. The van der Waals surface area contributed by atoms with Gasteiger partial charge in [-0.3, -0.25) is 14.2 Å². The molecule has 0 spiro atoms. The van der Waals surface area contributed by atoms with E-state index >= 15 is 0 Å². The van der Waals surface area contributed by atoms with Gasteiger partial charge in [0, 0.05) is 7.05 Å². The molecule has 0 saturated carbocycles. The summed E-state index contributed by atoms with van der Waals surface area (Å²) in [5.74, 6) is -0.570. The van der Waals surface area contributed by atoms with E-state index in [-0.39, 0.29) is 36.9 Å². The monoisotopic (exact) mass is 355 g/mol. The highest BCUT2D eigenvalue weighted by Gasteiger charge is 2.12. The van der Waals surface area contributed by atoms with Crippen molar-refractivity contribution < 1.29 is 13.9 Å². The molecule has 0 atom stereocenters. The average Bonchev–Trinajstić information content (AvgIpc) is 2.65. The van der Waals surface area contributed by atoms with Crippen LogP contribution in [-0.2, 0) is 11.3 Å². The summed E-state index contributed by atoms with van der Waals surface area (Å²) < 4.78 is 20.1. The van der Waals surface area contributed by atoms with Gasteiger partial charge in [0.25, 0.3) is 5.56 Å². The molecule has 0 unspecified atom stereocenters. The van der Waals surface area contributed by atoms with Crippen molar-refractivity contribution in [3.05, 3.63) is 71.0 Å². The van der Waals surface area contributed by atoms with Gasteiger partial charge in [-0.05, 0) is 24.3 Å². The van der Waals surface area contributed by atoms with Crippen LogP contribution >= 0.6 is 0 Å². The van der Waals surface area contributed by atoms with Gasteiger partial charge < -0.3 is 9.64 Å². The van der Waals surface area contributed by atoms with Crippen LogP contribution in [0, 0.1) is 5.82 Å². The summed E-state index contributed by atoms with van der Waals surface area (Å²) in [6.07, 6.45) is 1.37. The summed E-state index contributed by atoms with van der Waals surface area (Å²) in [7, 11) is 1.60. The van der Waals surface area contributed by atoms with Crippen LogP contribution in [0.4, 0.5) is 4.39 Å². The van der Waals surface area contributed by atoms with Gasteiger partial charge in [-0.1, -0.05) is 24.3 Å². The Labute approximate surface area is 149 Å². The number of rotatable bonds is 6. The highest BCUT2D eigenvalue weighted by molar-refractivity contribution is 5.78. The first kappa shape index (κ1) is 17.6. The SMILES string of the molecule is CN(CCOc1ccccc1F)C(=O)Cn1cnc2ccccc2c1=O. The molecular weight excluding hydrogens is 337 g/mol. The Morgan fingerprint density at radius 3 is 2.73 bits per heavy atom. The molecular formula is C19H18FN3O3. The van der Waals surface area contributed by atoms with Gasteiger partial charge in [0.1, 0.15) is 13.2 Å². The Balaban J connectivity index is 1.60. The van der Waals surface area contributed by atoms with Crippen LogP contribution in [0.5, 0.6) is 5.75 Å². The van der Waals surface area contributed by atoms with E-state index in [1.165, 1.54) is 27.9 Å². The molecule has 134 valence electrons. The van der Waals surface area contributed by atoms with Crippen LogP contribution in [0.1, 0.15) is 0 Å². The first-order valence-electron chi connectivity index (χ1n) is 8.12. The lowest BCUT2D eigenvalue weighted by Gasteiger charge is -2.18. The highest BCUT2D eigenvalue weighted by atomic mass is 19.1. The number of para-hydroxylation sites is 2. The fourth-order valence-corrected chi connectivity index (χ4v) is 2.46. The number of likely N-dealkylation sites (N-methyl/N-ethyl adjacent to an activating group) is 1. The largest absolute Gasteiger partial charge is 0.489 e. The first-order chi connectivity index (χ1) is 12.6. The number of carbonyl (C=O) groups excluding carboxylic acids is 1. The van der Waals surface area contributed by atoms with Crippen molar-refractivity contribution in [1.82, 2.24) is 14.5 Å². The van der Waals surface area contributed by atoms with Crippen LogP contribution in [0.3, 0.4) is 0 Å². The van der Waals surface area contributed by atoms with E-state index in [0.29, 0.717) is 10.9 Å². The third-order valence-corrected chi connectivity index (χ3v) is 3.98. The molecule has 0 fully saturated rings. The minimum Gasteiger partial charge on any atom is -0.489 e. The van der Waals surface area contributed by atoms with Crippen molar-refractivity contribution in [2.24, 2.45) is 0 Å². The lowest BCUT2D eigenvalue weighted by Crippen LogP contribution is -2.36. The zero-order valence-electron chi connectivity index (χ0n) is 14.3. The van der Waals surface area contributed by atoms with Gasteiger partial charge >= 0.3 is 0 Å². The third-order valence-electron chi connectivity index (χ3n) is 3.98. The molecule has 26 heavy (non-hydrogen) atoms. The molecule has 3 rings (SSSR count). The molecule has 6 nitrogen and oxygen atoms in total. The van der Waals surface area contributed by atoms with Gasteiger partial charge in [-0.25, -0.2) is 9.37 Å². The molecule has 0 aliphatic carbocycles. The van der Waals surface area contributed by atoms with E-state index in [1.807, 2.05) is 0 Å². The second-order valence-corrected chi connectivity index (χ2v) is 5.79. The van der Waals surface area contributed by atoms with E-state index in [9.17, 15) is 14.0 Å². The number of halogens is 1. The Hall–Kier alpha value is -3.22. The Kier molecular flexibility index (Phi) is 5.26. The Morgan fingerprint density at radius 1 is 1.19 bits per heavy atom. The predicted molar refractivity (Wildman–Crippen MR) is 95.5 cm³/mol. The van der Waals surface area contributed by atoms with Crippen molar-refractivity contribution in [1.29, 1.82) is 0 Å². The molecule has 0 bridgehead atoms. The lowest BCUT2D eigenvalue weighted by atomic mass is 10.2. The number of carbonyl (C=O) groups is 1. The van der Waals surface area contributed by atoms with Gasteiger partial charge in [-0.15, -0.1) is 0 Å². The van der Waals surface area contributed by atoms with E-state index in [0.717, 1.165) is 0 Å². The molecule has 0 aliphatic rings. The van der Waals surface area contributed by atoms with Crippen LogP contribution in [0.25, 0.3) is 10.9 Å². The van der Waals surface area contributed by atoms with Crippen molar-refractivity contribution in [3.8, 4) is 5.75 Å². The molecule has 0 radical (unpaired) electrons. The highest BCUT2D eigenvalue weighted by Crippen LogP contribution is 2.15. The van der Waals surface area contributed by atoms with Crippen molar-refractivity contribution in [3.63, 3.8) is 0 Å². The van der Waals surface area contributed by atoms with Crippen LogP contribution in [-0.4, -0.2) is 40.6 Å². The van der Waals surface area contributed by atoms with E-state index in [2.05, 4.69) is 4.98 Å². The molecule has 7 heteroatoms. The van der Waals surface area contributed by atoms with E-state index < -0.39 is 5.82 Å². The topological polar surface area (TPSA) is 64.4 Å². The minimum atomic E-state index is -0.449. The third kappa shape index (κ3) is 3.88.